The van der Waals surface area contributed by atoms with Crippen molar-refractivity contribution < 1.29 is 24.2 Å². The van der Waals surface area contributed by atoms with Crippen LogP contribution in [0, 0.1) is 13.8 Å². The highest BCUT2D eigenvalue weighted by Crippen LogP contribution is 2.40. The molecule has 3 aromatic rings. The first-order valence-corrected chi connectivity index (χ1v) is 12.2. The van der Waals surface area contributed by atoms with Crippen molar-refractivity contribution in [1.82, 2.24) is 9.88 Å². The SMILES string of the molecule is COCCCN1C(=O)C(O)=C(C(=O)c2sc(C)nc2C)C1c1ccc(OCc2ccccc2)cc1. The highest BCUT2D eigenvalue weighted by Gasteiger charge is 2.44. The van der Waals surface area contributed by atoms with Crippen LogP contribution in [0.15, 0.2) is 65.9 Å². The first-order chi connectivity index (χ1) is 16.9. The Bertz CT molecular complexity index is 1230. The van der Waals surface area contributed by atoms with E-state index in [-0.39, 0.29) is 11.4 Å². The summed E-state index contributed by atoms with van der Waals surface area (Å²) in [4.78, 5) is 32.9. The van der Waals surface area contributed by atoms with E-state index in [9.17, 15) is 14.7 Å². The lowest BCUT2D eigenvalue weighted by Gasteiger charge is -2.27. The zero-order chi connectivity index (χ0) is 24.9. The molecule has 2 heterocycles. The summed E-state index contributed by atoms with van der Waals surface area (Å²) in [6.07, 6.45) is 0.574. The molecule has 35 heavy (non-hydrogen) atoms. The van der Waals surface area contributed by atoms with Gasteiger partial charge in [-0.25, -0.2) is 4.98 Å². The summed E-state index contributed by atoms with van der Waals surface area (Å²) in [5.41, 5.74) is 2.44. The van der Waals surface area contributed by atoms with E-state index in [0.29, 0.717) is 48.1 Å². The van der Waals surface area contributed by atoms with Gasteiger partial charge >= 0.3 is 0 Å². The van der Waals surface area contributed by atoms with Gasteiger partial charge in [0.05, 0.1) is 27.2 Å². The number of hydrogen-bond donors (Lipinski definition) is 1. The molecule has 1 amide bonds. The zero-order valence-corrected chi connectivity index (χ0v) is 20.8. The van der Waals surface area contributed by atoms with E-state index in [0.717, 1.165) is 10.6 Å². The van der Waals surface area contributed by atoms with E-state index in [2.05, 4.69) is 4.98 Å². The van der Waals surface area contributed by atoms with Crippen molar-refractivity contribution in [3.8, 4) is 5.75 Å². The van der Waals surface area contributed by atoms with Crippen molar-refractivity contribution in [2.24, 2.45) is 0 Å². The number of thiazole rings is 1. The minimum atomic E-state index is -0.711. The highest BCUT2D eigenvalue weighted by molar-refractivity contribution is 7.14. The first-order valence-electron chi connectivity index (χ1n) is 11.4. The maximum absolute atomic E-state index is 13.5. The van der Waals surface area contributed by atoms with Crippen LogP contribution in [0.25, 0.3) is 0 Å². The summed E-state index contributed by atoms with van der Waals surface area (Å²) in [6.45, 7) is 4.81. The Kier molecular flexibility index (Phi) is 7.63. The number of methoxy groups -OCH3 is 1. The number of aromatic nitrogens is 1. The van der Waals surface area contributed by atoms with Gasteiger partial charge in [0.2, 0.25) is 5.78 Å². The van der Waals surface area contributed by atoms with Gasteiger partial charge in [-0.15, -0.1) is 11.3 Å². The molecule has 1 unspecified atom stereocenters. The molecule has 0 radical (unpaired) electrons. The van der Waals surface area contributed by atoms with Crippen LogP contribution in [-0.2, 0) is 16.1 Å². The van der Waals surface area contributed by atoms with E-state index in [1.54, 1.807) is 14.0 Å². The second-order valence-corrected chi connectivity index (χ2v) is 9.53. The third kappa shape index (κ3) is 5.28. The van der Waals surface area contributed by atoms with Crippen molar-refractivity contribution in [3.63, 3.8) is 0 Å². The van der Waals surface area contributed by atoms with Crippen LogP contribution >= 0.6 is 11.3 Å². The molecule has 0 saturated carbocycles. The van der Waals surface area contributed by atoms with Gasteiger partial charge < -0.3 is 19.5 Å². The normalized spacial score (nSPS) is 15.7. The topological polar surface area (TPSA) is 89.0 Å². The van der Waals surface area contributed by atoms with Crippen LogP contribution < -0.4 is 4.74 Å². The predicted octanol–water partition coefficient (Wildman–Crippen LogP) is 4.95. The number of benzene rings is 2. The van der Waals surface area contributed by atoms with E-state index >= 15 is 0 Å². The number of aryl methyl sites for hydroxylation is 2. The predicted molar refractivity (Wildman–Crippen MR) is 134 cm³/mol. The number of carbonyl (C=O) groups is 2. The van der Waals surface area contributed by atoms with Crippen LogP contribution in [0.2, 0.25) is 0 Å². The lowest BCUT2D eigenvalue weighted by molar-refractivity contribution is -0.129. The van der Waals surface area contributed by atoms with Crippen LogP contribution in [-0.4, -0.2) is 46.9 Å². The van der Waals surface area contributed by atoms with Crippen molar-refractivity contribution >= 4 is 23.0 Å². The van der Waals surface area contributed by atoms with Gasteiger partial charge in [-0.3, -0.25) is 9.59 Å². The Balaban J connectivity index is 1.63. The monoisotopic (exact) mass is 492 g/mol. The summed E-state index contributed by atoms with van der Waals surface area (Å²) >= 11 is 1.26. The minimum Gasteiger partial charge on any atom is -0.503 e. The zero-order valence-electron chi connectivity index (χ0n) is 20.0. The highest BCUT2D eigenvalue weighted by atomic mass is 32.1. The molecule has 0 bridgehead atoms. The number of hydrogen-bond acceptors (Lipinski definition) is 7. The van der Waals surface area contributed by atoms with Gasteiger partial charge in [-0.05, 0) is 43.5 Å². The average Bonchev–Trinajstić information content (AvgIpc) is 3.33. The molecule has 7 nitrogen and oxygen atoms in total. The van der Waals surface area contributed by atoms with Crippen molar-refractivity contribution in [2.45, 2.75) is 32.9 Å². The van der Waals surface area contributed by atoms with Crippen LogP contribution in [0.1, 0.15) is 44.0 Å². The maximum atomic E-state index is 13.5. The fourth-order valence-electron chi connectivity index (χ4n) is 4.19. The van der Waals surface area contributed by atoms with Crippen LogP contribution in [0.4, 0.5) is 0 Å². The quantitative estimate of drug-likeness (QED) is 0.318. The van der Waals surface area contributed by atoms with Crippen molar-refractivity contribution in [1.29, 1.82) is 0 Å². The van der Waals surface area contributed by atoms with Crippen molar-refractivity contribution in [3.05, 3.63) is 92.6 Å². The van der Waals surface area contributed by atoms with Gasteiger partial charge in [0.25, 0.3) is 5.91 Å². The van der Waals surface area contributed by atoms with E-state index in [1.807, 2.05) is 61.5 Å². The molecule has 182 valence electrons. The Morgan fingerprint density at radius 2 is 1.83 bits per heavy atom. The van der Waals surface area contributed by atoms with Gasteiger partial charge in [0.15, 0.2) is 5.76 Å². The summed E-state index contributed by atoms with van der Waals surface area (Å²) in [5.74, 6) is -0.768. The molecule has 8 heteroatoms. The number of Topliss-reactive ketones (excluding diaryl/α,β-unsaturated/α-hetero) is 1. The summed E-state index contributed by atoms with van der Waals surface area (Å²) < 4.78 is 11.0. The van der Waals surface area contributed by atoms with Gasteiger partial charge in [-0.2, -0.15) is 0 Å². The Morgan fingerprint density at radius 1 is 1.11 bits per heavy atom. The van der Waals surface area contributed by atoms with Crippen LogP contribution in [0.3, 0.4) is 0 Å². The Hall–Kier alpha value is -3.49. The number of carbonyl (C=O) groups excluding carboxylic acids is 2. The molecule has 0 fully saturated rings. The lowest BCUT2D eigenvalue weighted by atomic mass is 9.95. The smallest absolute Gasteiger partial charge is 0.290 e. The van der Waals surface area contributed by atoms with Crippen molar-refractivity contribution in [2.75, 3.05) is 20.3 Å². The number of rotatable bonds is 10. The summed E-state index contributed by atoms with van der Waals surface area (Å²) in [7, 11) is 1.59. The fraction of sp³-hybridized carbons (Fsp3) is 0.296. The molecule has 1 aliphatic rings. The minimum absolute atomic E-state index is 0.0807. The van der Waals surface area contributed by atoms with E-state index in [1.165, 1.54) is 16.2 Å². The molecular weight excluding hydrogens is 464 g/mol. The average molecular weight is 493 g/mol. The first kappa shape index (κ1) is 24.6. The maximum Gasteiger partial charge on any atom is 0.290 e. The number of ether oxygens (including phenoxy) is 2. The molecule has 1 N–H and O–H groups in total. The third-order valence-corrected chi connectivity index (χ3v) is 6.92. The fourth-order valence-corrected chi connectivity index (χ4v) is 5.07. The number of aliphatic hydroxyl groups is 1. The molecule has 0 aliphatic carbocycles. The molecule has 1 atom stereocenters. The number of ketones is 1. The second-order valence-electron chi connectivity index (χ2n) is 8.33. The lowest BCUT2D eigenvalue weighted by Crippen LogP contribution is -2.32. The molecule has 0 saturated heterocycles. The Morgan fingerprint density at radius 3 is 2.46 bits per heavy atom. The molecule has 1 aromatic heterocycles. The third-order valence-electron chi connectivity index (χ3n) is 5.85. The Labute approximate surface area is 208 Å². The van der Waals surface area contributed by atoms with E-state index in [4.69, 9.17) is 9.47 Å². The molecule has 0 spiro atoms. The standard InChI is InChI=1S/C27H28N2O5S/c1-17-26(35-18(2)28-17)24(30)22-23(29(14-7-15-33-3)27(32)25(22)31)20-10-12-21(13-11-20)34-16-19-8-5-4-6-9-19/h4-6,8-13,23,31H,7,14-16H2,1-3H3. The number of nitrogens with zero attached hydrogens (tertiary/aromatic N) is 2. The van der Waals surface area contributed by atoms with E-state index < -0.39 is 17.7 Å². The summed E-state index contributed by atoms with van der Waals surface area (Å²) in [5, 5.41) is 11.6. The second kappa shape index (κ2) is 10.8. The largest absolute Gasteiger partial charge is 0.503 e. The number of amides is 1. The van der Waals surface area contributed by atoms with Gasteiger partial charge in [0, 0.05) is 20.3 Å². The molecule has 1 aliphatic heterocycles. The summed E-state index contributed by atoms with van der Waals surface area (Å²) in [6, 6.07) is 16.4. The van der Waals surface area contributed by atoms with Crippen LogP contribution in [0.5, 0.6) is 5.75 Å². The van der Waals surface area contributed by atoms with Gasteiger partial charge in [0.1, 0.15) is 12.4 Å². The molecule has 4 rings (SSSR count). The van der Waals surface area contributed by atoms with Gasteiger partial charge in [-0.1, -0.05) is 42.5 Å². The molecular formula is C27H28N2O5S. The molecule has 2 aromatic carbocycles. The number of aliphatic hydroxyl groups excluding tert-OH is 1.